The van der Waals surface area contributed by atoms with Gasteiger partial charge >= 0.3 is 0 Å². The lowest BCUT2D eigenvalue weighted by atomic mass is 10.1. The molecule has 4 heterocycles. The first-order valence-corrected chi connectivity index (χ1v) is 14.7. The summed E-state index contributed by atoms with van der Waals surface area (Å²) in [5.74, 6) is 0.0482. The van der Waals surface area contributed by atoms with E-state index in [1.165, 1.54) is 11.8 Å². The van der Waals surface area contributed by atoms with Crippen LogP contribution in [0.15, 0.2) is 64.6 Å². The lowest BCUT2D eigenvalue weighted by Gasteiger charge is -2.37. The molecule has 0 radical (unpaired) electrons. The van der Waals surface area contributed by atoms with Crippen LogP contribution >= 0.6 is 11.8 Å². The van der Waals surface area contributed by atoms with Gasteiger partial charge < -0.3 is 19.9 Å². The number of thioether (sulfide) groups is 1. The quantitative estimate of drug-likeness (QED) is 0.554. The molecule has 2 aromatic carbocycles. The first-order valence-electron chi connectivity index (χ1n) is 13.8. The van der Waals surface area contributed by atoms with Crippen molar-refractivity contribution in [3.05, 3.63) is 60.2 Å². The van der Waals surface area contributed by atoms with Crippen molar-refractivity contribution in [2.75, 3.05) is 50.0 Å². The number of rotatable bonds is 7. The molecule has 0 spiro atoms. The Hall–Kier alpha value is -3.70. The fraction of sp³-hybridized carbons (Fsp3) is 0.414. The maximum atomic E-state index is 13.4. The number of aliphatic imine (C=N–C) groups is 2. The number of nitrogens with zero attached hydrogens (tertiary/aromatic N) is 5. The average molecular weight is 561 g/mol. The molecule has 4 aliphatic rings. The number of amidine groups is 2. The van der Waals surface area contributed by atoms with Crippen molar-refractivity contribution >= 4 is 51.9 Å². The summed E-state index contributed by atoms with van der Waals surface area (Å²) < 4.78 is 5.59. The lowest BCUT2D eigenvalue weighted by molar-refractivity contribution is -0.134. The second-order valence-corrected chi connectivity index (χ2v) is 11.1. The van der Waals surface area contributed by atoms with Gasteiger partial charge in [0.25, 0.3) is 5.91 Å². The molecule has 2 aromatic rings. The van der Waals surface area contributed by atoms with Crippen LogP contribution in [0, 0.1) is 0 Å². The van der Waals surface area contributed by atoms with Gasteiger partial charge in [0.15, 0.2) is 5.17 Å². The minimum Gasteiger partial charge on any atom is -0.376 e. The standard InChI is InChI=1S/C29H32N6O4S/c36-25(30-18-21-9-6-16-39-21)19-40-29-31-23-11-5-4-10-22(23)27-32-28(38)24(35(27)29)17-26(37)34-14-12-33(13-15-34)20-7-2-1-3-8-20/h1-5,7-8,10-11,21,24H,6,9,12-19H2,(H,30,36). The number of piperazine rings is 1. The Bertz CT molecular complexity index is 1340. The predicted molar refractivity (Wildman–Crippen MR) is 155 cm³/mol. The molecule has 10 nitrogen and oxygen atoms in total. The Labute approximate surface area is 237 Å². The molecule has 11 heteroatoms. The van der Waals surface area contributed by atoms with E-state index in [1.54, 1.807) is 4.90 Å². The second kappa shape index (κ2) is 11.8. The fourth-order valence-electron chi connectivity index (χ4n) is 5.46. The second-order valence-electron chi connectivity index (χ2n) is 10.2. The monoisotopic (exact) mass is 560 g/mol. The molecule has 2 saturated heterocycles. The van der Waals surface area contributed by atoms with Crippen LogP contribution in [0.5, 0.6) is 0 Å². The topological polar surface area (TPSA) is 107 Å². The normalized spacial score (nSPS) is 22.0. The highest BCUT2D eigenvalue weighted by Gasteiger charge is 2.43. The molecule has 0 saturated carbocycles. The van der Waals surface area contributed by atoms with Gasteiger partial charge in [-0.05, 0) is 37.1 Å². The maximum Gasteiger partial charge on any atom is 0.271 e. The SMILES string of the molecule is O=C(CSC1=Nc2ccccc2C2=NC(=O)C(CC(=O)N3CCN(c4ccccc4)CC3)N12)NCC1CCCO1. The van der Waals surface area contributed by atoms with Crippen molar-refractivity contribution < 1.29 is 19.1 Å². The lowest BCUT2D eigenvalue weighted by Crippen LogP contribution is -2.51. The highest BCUT2D eigenvalue weighted by Crippen LogP contribution is 2.35. The summed E-state index contributed by atoms with van der Waals surface area (Å²) in [4.78, 5) is 54.2. The van der Waals surface area contributed by atoms with Gasteiger partial charge in [0, 0.05) is 50.6 Å². The summed E-state index contributed by atoms with van der Waals surface area (Å²) in [6.07, 6.45) is 2.03. The van der Waals surface area contributed by atoms with Gasteiger partial charge in [-0.2, -0.15) is 4.99 Å². The number of fused-ring (bicyclic) bond motifs is 3. The van der Waals surface area contributed by atoms with E-state index in [-0.39, 0.29) is 36.0 Å². The van der Waals surface area contributed by atoms with Crippen LogP contribution in [0.3, 0.4) is 0 Å². The Morgan fingerprint density at radius 3 is 2.55 bits per heavy atom. The largest absolute Gasteiger partial charge is 0.376 e. The zero-order valence-corrected chi connectivity index (χ0v) is 23.0. The van der Waals surface area contributed by atoms with Crippen molar-refractivity contribution in [2.45, 2.75) is 31.4 Å². The van der Waals surface area contributed by atoms with Crippen LogP contribution < -0.4 is 10.2 Å². The van der Waals surface area contributed by atoms with E-state index in [0.717, 1.165) is 43.8 Å². The molecule has 2 atom stereocenters. The van der Waals surface area contributed by atoms with Crippen LogP contribution in [0.4, 0.5) is 11.4 Å². The number of nitrogens with one attached hydrogen (secondary N) is 1. The Balaban J connectivity index is 1.12. The summed E-state index contributed by atoms with van der Waals surface area (Å²) in [5, 5.41) is 3.44. The summed E-state index contributed by atoms with van der Waals surface area (Å²) in [7, 11) is 0. The Morgan fingerprint density at radius 1 is 1.00 bits per heavy atom. The number of benzene rings is 2. The Kier molecular flexibility index (Phi) is 7.83. The number of anilines is 1. The highest BCUT2D eigenvalue weighted by atomic mass is 32.2. The molecule has 0 aromatic heterocycles. The van der Waals surface area contributed by atoms with Crippen LogP contribution in [0.25, 0.3) is 0 Å². The van der Waals surface area contributed by atoms with Crippen molar-refractivity contribution in [2.24, 2.45) is 9.98 Å². The van der Waals surface area contributed by atoms with E-state index < -0.39 is 6.04 Å². The van der Waals surface area contributed by atoms with E-state index in [1.807, 2.05) is 47.4 Å². The highest BCUT2D eigenvalue weighted by molar-refractivity contribution is 8.14. The van der Waals surface area contributed by atoms with E-state index in [2.05, 4.69) is 27.3 Å². The third kappa shape index (κ3) is 5.62. The number of ether oxygens (including phenoxy) is 1. The molecule has 6 rings (SSSR count). The number of hydrogen-bond acceptors (Lipinski definition) is 8. The summed E-state index contributed by atoms with van der Waals surface area (Å²) in [6, 6.07) is 16.9. The summed E-state index contributed by atoms with van der Waals surface area (Å²) in [5.41, 5.74) is 2.58. The third-order valence-electron chi connectivity index (χ3n) is 7.61. The number of carbonyl (C=O) groups excluding carboxylic acids is 3. The summed E-state index contributed by atoms with van der Waals surface area (Å²) in [6.45, 7) is 3.86. The molecule has 0 aliphatic carbocycles. The molecule has 3 amide bonds. The number of hydrogen-bond donors (Lipinski definition) is 1. The van der Waals surface area contributed by atoms with Gasteiger partial charge in [-0.1, -0.05) is 42.1 Å². The van der Waals surface area contributed by atoms with Gasteiger partial charge in [-0.3, -0.25) is 19.3 Å². The zero-order chi connectivity index (χ0) is 27.5. The van der Waals surface area contributed by atoms with Crippen molar-refractivity contribution in [1.29, 1.82) is 0 Å². The molecule has 4 aliphatic heterocycles. The summed E-state index contributed by atoms with van der Waals surface area (Å²) >= 11 is 1.25. The zero-order valence-electron chi connectivity index (χ0n) is 22.2. The molecular weight excluding hydrogens is 528 g/mol. The van der Waals surface area contributed by atoms with Crippen molar-refractivity contribution in [3.63, 3.8) is 0 Å². The van der Waals surface area contributed by atoms with E-state index >= 15 is 0 Å². The van der Waals surface area contributed by atoms with E-state index in [4.69, 9.17) is 9.73 Å². The number of carbonyl (C=O) groups is 3. The number of amides is 3. The van der Waals surface area contributed by atoms with Gasteiger partial charge in [0.2, 0.25) is 11.8 Å². The Morgan fingerprint density at radius 2 is 1.77 bits per heavy atom. The van der Waals surface area contributed by atoms with Crippen molar-refractivity contribution in [3.8, 4) is 0 Å². The van der Waals surface area contributed by atoms with Crippen LogP contribution in [-0.4, -0.2) is 95.8 Å². The maximum absolute atomic E-state index is 13.4. The molecule has 0 bridgehead atoms. The fourth-order valence-corrected chi connectivity index (χ4v) is 6.34. The van der Waals surface area contributed by atoms with Gasteiger partial charge in [0.05, 0.1) is 24.0 Å². The van der Waals surface area contributed by atoms with E-state index in [0.29, 0.717) is 36.3 Å². The minimum absolute atomic E-state index is 0.00410. The van der Waals surface area contributed by atoms with Gasteiger partial charge in [0.1, 0.15) is 11.9 Å². The van der Waals surface area contributed by atoms with Crippen LogP contribution in [0.2, 0.25) is 0 Å². The van der Waals surface area contributed by atoms with Crippen LogP contribution in [0.1, 0.15) is 24.8 Å². The van der Waals surface area contributed by atoms with Gasteiger partial charge in [-0.15, -0.1) is 0 Å². The number of para-hydroxylation sites is 2. The van der Waals surface area contributed by atoms with Crippen molar-refractivity contribution in [1.82, 2.24) is 15.1 Å². The first-order chi connectivity index (χ1) is 19.6. The smallest absolute Gasteiger partial charge is 0.271 e. The van der Waals surface area contributed by atoms with Gasteiger partial charge in [-0.25, -0.2) is 4.99 Å². The van der Waals surface area contributed by atoms with Crippen LogP contribution in [-0.2, 0) is 19.1 Å². The minimum atomic E-state index is -0.788. The molecule has 2 fully saturated rings. The molecule has 40 heavy (non-hydrogen) atoms. The molecular formula is C29H32N6O4S. The third-order valence-corrected chi connectivity index (χ3v) is 8.57. The molecule has 2 unspecified atom stereocenters. The van der Waals surface area contributed by atoms with E-state index in [9.17, 15) is 14.4 Å². The average Bonchev–Trinajstić information content (AvgIpc) is 3.63. The molecule has 1 N–H and O–H groups in total. The predicted octanol–water partition coefficient (Wildman–Crippen LogP) is 2.41. The molecule has 208 valence electrons. The first kappa shape index (κ1) is 26.5.